The van der Waals surface area contributed by atoms with E-state index in [0.29, 0.717) is 11.5 Å². The van der Waals surface area contributed by atoms with Crippen LogP contribution in [0.3, 0.4) is 0 Å². The van der Waals surface area contributed by atoms with Crippen molar-refractivity contribution in [3.8, 4) is 23.0 Å². The van der Waals surface area contributed by atoms with E-state index in [0.717, 1.165) is 34.6 Å². The Labute approximate surface area is 141 Å². The molecule has 0 aromatic heterocycles. The Hall–Kier alpha value is -2.69. The first-order chi connectivity index (χ1) is 11.7. The highest BCUT2D eigenvalue weighted by atomic mass is 16.5. The summed E-state index contributed by atoms with van der Waals surface area (Å²) in [5.74, 6) is 2.87. The predicted octanol–water partition coefficient (Wildman–Crippen LogP) is 3.44. The molecule has 0 saturated heterocycles. The second-order valence-electron chi connectivity index (χ2n) is 5.49. The average molecular weight is 327 g/mol. The number of methoxy groups -OCH3 is 4. The first-order valence-electron chi connectivity index (χ1n) is 7.70. The van der Waals surface area contributed by atoms with E-state index in [4.69, 9.17) is 23.9 Å². The lowest BCUT2D eigenvalue weighted by Gasteiger charge is -2.23. The molecule has 2 aromatic carbocycles. The fourth-order valence-corrected chi connectivity index (χ4v) is 3.03. The van der Waals surface area contributed by atoms with E-state index >= 15 is 0 Å². The lowest BCUT2D eigenvalue weighted by Crippen LogP contribution is -2.11. The minimum Gasteiger partial charge on any atom is -0.493 e. The zero-order chi connectivity index (χ0) is 17.1. The Bertz CT molecular complexity index is 770. The van der Waals surface area contributed by atoms with Crippen LogP contribution in [-0.2, 0) is 6.42 Å². The van der Waals surface area contributed by atoms with Gasteiger partial charge in [0.15, 0.2) is 23.0 Å². The number of aliphatic imine (C=N–C) groups is 1. The maximum absolute atomic E-state index is 5.55. The van der Waals surface area contributed by atoms with E-state index < -0.39 is 0 Å². The minimum absolute atomic E-state index is 0.0272. The summed E-state index contributed by atoms with van der Waals surface area (Å²) in [5.41, 5.74) is 3.22. The van der Waals surface area contributed by atoms with E-state index in [2.05, 4.69) is 0 Å². The Morgan fingerprint density at radius 3 is 2.25 bits per heavy atom. The van der Waals surface area contributed by atoms with Crippen LogP contribution in [0.4, 0.5) is 0 Å². The number of rotatable bonds is 5. The van der Waals surface area contributed by atoms with Gasteiger partial charge in [0.25, 0.3) is 0 Å². The smallest absolute Gasteiger partial charge is 0.166 e. The molecule has 5 nitrogen and oxygen atoms in total. The van der Waals surface area contributed by atoms with Crippen LogP contribution in [0, 0.1) is 0 Å². The maximum Gasteiger partial charge on any atom is 0.166 e. The van der Waals surface area contributed by atoms with Gasteiger partial charge in [0.05, 0.1) is 34.5 Å². The molecule has 0 bridgehead atoms. The third kappa shape index (κ3) is 2.77. The molecule has 0 radical (unpaired) electrons. The lowest BCUT2D eigenvalue weighted by molar-refractivity contribution is 0.349. The van der Waals surface area contributed by atoms with Crippen LogP contribution in [0.2, 0.25) is 0 Å². The van der Waals surface area contributed by atoms with Gasteiger partial charge in [-0.05, 0) is 35.7 Å². The van der Waals surface area contributed by atoms with E-state index in [1.165, 1.54) is 0 Å². The molecule has 1 aliphatic heterocycles. The van der Waals surface area contributed by atoms with Crippen molar-refractivity contribution >= 4 is 6.21 Å². The lowest BCUT2D eigenvalue weighted by atomic mass is 9.92. The van der Waals surface area contributed by atoms with Gasteiger partial charge in [0.1, 0.15) is 0 Å². The van der Waals surface area contributed by atoms with Crippen LogP contribution in [0.25, 0.3) is 0 Å². The van der Waals surface area contributed by atoms with Gasteiger partial charge in [0.2, 0.25) is 0 Å². The summed E-state index contributed by atoms with van der Waals surface area (Å²) in [6.45, 7) is 0. The molecule has 126 valence electrons. The summed E-state index contributed by atoms with van der Waals surface area (Å²) < 4.78 is 21.7. The normalized spacial score (nSPS) is 15.6. The van der Waals surface area contributed by atoms with Crippen LogP contribution in [0.1, 0.15) is 22.7 Å². The quantitative estimate of drug-likeness (QED) is 0.844. The molecule has 24 heavy (non-hydrogen) atoms. The summed E-state index contributed by atoms with van der Waals surface area (Å²) >= 11 is 0. The molecular formula is C19H21NO4. The molecule has 0 saturated carbocycles. The van der Waals surface area contributed by atoms with Crippen molar-refractivity contribution in [2.75, 3.05) is 28.4 Å². The monoisotopic (exact) mass is 327 g/mol. The van der Waals surface area contributed by atoms with Crippen molar-refractivity contribution in [1.82, 2.24) is 0 Å². The van der Waals surface area contributed by atoms with Crippen LogP contribution < -0.4 is 18.9 Å². The number of benzene rings is 2. The van der Waals surface area contributed by atoms with Gasteiger partial charge < -0.3 is 18.9 Å². The van der Waals surface area contributed by atoms with Crippen molar-refractivity contribution in [2.24, 2.45) is 4.99 Å². The number of para-hydroxylation sites is 1. The second-order valence-corrected chi connectivity index (χ2v) is 5.49. The van der Waals surface area contributed by atoms with Crippen LogP contribution in [0.5, 0.6) is 23.0 Å². The third-order valence-electron chi connectivity index (χ3n) is 4.24. The fraction of sp³-hybridized carbons (Fsp3) is 0.316. The summed E-state index contributed by atoms with van der Waals surface area (Å²) in [4.78, 5) is 4.70. The van der Waals surface area contributed by atoms with Gasteiger partial charge in [-0.15, -0.1) is 0 Å². The van der Waals surface area contributed by atoms with E-state index in [1.807, 2.05) is 36.5 Å². The molecule has 0 fully saturated rings. The van der Waals surface area contributed by atoms with Gasteiger partial charge in [-0.1, -0.05) is 12.1 Å². The maximum atomic E-state index is 5.55. The molecule has 1 aliphatic rings. The van der Waals surface area contributed by atoms with Crippen molar-refractivity contribution < 1.29 is 18.9 Å². The number of nitrogens with zero attached hydrogens (tertiary/aromatic N) is 1. The SMILES string of the molecule is COc1cc2c(cc1OC)CC(c1cccc(OC)c1OC)N=C2. The summed E-state index contributed by atoms with van der Waals surface area (Å²) in [5, 5.41) is 0. The van der Waals surface area contributed by atoms with Gasteiger partial charge in [-0.2, -0.15) is 0 Å². The zero-order valence-electron chi connectivity index (χ0n) is 14.3. The topological polar surface area (TPSA) is 49.3 Å². The highest BCUT2D eigenvalue weighted by Gasteiger charge is 2.23. The van der Waals surface area contributed by atoms with Crippen molar-refractivity contribution in [2.45, 2.75) is 12.5 Å². The van der Waals surface area contributed by atoms with Crippen LogP contribution in [-0.4, -0.2) is 34.7 Å². The zero-order valence-corrected chi connectivity index (χ0v) is 14.3. The third-order valence-corrected chi connectivity index (χ3v) is 4.24. The molecule has 0 spiro atoms. The average Bonchev–Trinajstić information content (AvgIpc) is 2.65. The Kier molecular flexibility index (Phi) is 4.60. The molecule has 1 atom stereocenters. The Balaban J connectivity index is 2.00. The molecule has 3 rings (SSSR count). The van der Waals surface area contributed by atoms with Gasteiger partial charge in [-0.3, -0.25) is 4.99 Å². The number of hydrogen-bond donors (Lipinski definition) is 0. The van der Waals surface area contributed by atoms with Crippen LogP contribution >= 0.6 is 0 Å². The Morgan fingerprint density at radius 1 is 0.875 bits per heavy atom. The molecule has 0 N–H and O–H groups in total. The molecule has 5 heteroatoms. The first kappa shape index (κ1) is 16.2. The number of hydrogen-bond acceptors (Lipinski definition) is 5. The summed E-state index contributed by atoms with van der Waals surface area (Å²) in [6.07, 6.45) is 2.64. The molecular weight excluding hydrogens is 306 g/mol. The first-order valence-corrected chi connectivity index (χ1v) is 7.70. The molecule has 1 unspecified atom stereocenters. The largest absolute Gasteiger partial charge is 0.493 e. The number of fused-ring (bicyclic) bond motifs is 1. The van der Waals surface area contributed by atoms with E-state index in [9.17, 15) is 0 Å². The molecule has 0 aliphatic carbocycles. The van der Waals surface area contributed by atoms with Crippen molar-refractivity contribution in [3.63, 3.8) is 0 Å². The minimum atomic E-state index is -0.0272. The van der Waals surface area contributed by atoms with Crippen molar-refractivity contribution in [3.05, 3.63) is 47.0 Å². The van der Waals surface area contributed by atoms with Crippen LogP contribution in [0.15, 0.2) is 35.3 Å². The van der Waals surface area contributed by atoms with E-state index in [-0.39, 0.29) is 6.04 Å². The summed E-state index contributed by atoms with van der Waals surface area (Å²) in [6, 6.07) is 9.80. The standard InChI is InChI=1S/C19H21NO4/c1-21-16-7-5-6-14(19(16)24-4)15-8-12-9-17(22-2)18(23-3)10-13(12)11-20-15/h5-7,9-11,15H,8H2,1-4H3. The predicted molar refractivity (Wildman–Crippen MR) is 93.1 cm³/mol. The molecule has 0 amide bonds. The fourth-order valence-electron chi connectivity index (χ4n) is 3.03. The van der Waals surface area contributed by atoms with Gasteiger partial charge in [0, 0.05) is 11.8 Å². The highest BCUT2D eigenvalue weighted by Crippen LogP contribution is 2.40. The van der Waals surface area contributed by atoms with Crippen molar-refractivity contribution in [1.29, 1.82) is 0 Å². The Morgan fingerprint density at radius 2 is 1.58 bits per heavy atom. The van der Waals surface area contributed by atoms with Gasteiger partial charge in [-0.25, -0.2) is 0 Å². The molecule has 1 heterocycles. The number of ether oxygens (including phenoxy) is 4. The highest BCUT2D eigenvalue weighted by molar-refractivity contribution is 5.85. The summed E-state index contributed by atoms with van der Waals surface area (Å²) in [7, 11) is 6.56. The van der Waals surface area contributed by atoms with Gasteiger partial charge >= 0.3 is 0 Å². The molecule has 2 aromatic rings. The second kappa shape index (κ2) is 6.83. The van der Waals surface area contributed by atoms with E-state index in [1.54, 1.807) is 28.4 Å².